The largest absolute Gasteiger partial charge is 0.453 e. The third-order valence-corrected chi connectivity index (χ3v) is 2.68. The van der Waals surface area contributed by atoms with Gasteiger partial charge >= 0.3 is 5.30 Å². The van der Waals surface area contributed by atoms with Gasteiger partial charge in [0, 0.05) is 9.91 Å². The lowest BCUT2D eigenvalue weighted by Crippen LogP contribution is -2.16. The summed E-state index contributed by atoms with van der Waals surface area (Å²) in [4.78, 5) is 11.1. The van der Waals surface area contributed by atoms with Crippen LogP contribution in [0.4, 0.5) is 4.79 Å². The highest BCUT2D eigenvalue weighted by atomic mass is 127. The Kier molecular flexibility index (Phi) is 5.47. The van der Waals surface area contributed by atoms with Gasteiger partial charge in [-0.1, -0.05) is 42.3 Å². The summed E-state index contributed by atoms with van der Waals surface area (Å²) < 4.78 is 35.5. The van der Waals surface area contributed by atoms with Gasteiger partial charge in [-0.3, -0.25) is 0 Å². The van der Waals surface area contributed by atoms with E-state index in [0.29, 0.717) is 4.43 Å². The first kappa shape index (κ1) is 7.79. The zero-order chi connectivity index (χ0) is 13.4. The molecule has 2 nitrogen and oxygen atoms in total. The van der Waals surface area contributed by atoms with Gasteiger partial charge in [0.15, 0.2) is 0 Å². The number of ether oxygens (including phenoxy) is 1. The summed E-state index contributed by atoms with van der Waals surface area (Å²) in [5, 5.41) is -0.386. The molecule has 0 spiro atoms. The first-order chi connectivity index (χ1) is 7.96. The molecule has 0 aliphatic carbocycles. The molecule has 0 saturated carbocycles. The van der Waals surface area contributed by atoms with E-state index in [4.69, 9.17) is 10.2 Å². The normalized spacial score (nSPS) is 24.2. The Hall–Kier alpha value is 0.550. The Bertz CT molecular complexity index is 235. The van der Waals surface area contributed by atoms with Crippen LogP contribution in [0, 0.1) is 0 Å². The van der Waals surface area contributed by atoms with Crippen molar-refractivity contribution in [2.45, 2.75) is 38.6 Å². The molecule has 0 bridgehead atoms. The Morgan fingerprint density at radius 3 is 3.08 bits per heavy atom. The molecule has 0 saturated heterocycles. The summed E-state index contributed by atoms with van der Waals surface area (Å²) in [6.07, 6.45) is -1.10. The van der Waals surface area contributed by atoms with Crippen LogP contribution in [0.2, 0.25) is 0 Å². The lowest BCUT2D eigenvalue weighted by Gasteiger charge is -2.13. The quantitative estimate of drug-likeness (QED) is 0.422. The fraction of sp³-hybridized carbons (Fsp3) is 0.889. The van der Waals surface area contributed by atoms with Crippen LogP contribution in [-0.4, -0.2) is 22.1 Å². The maximum Gasteiger partial charge on any atom is 0.367 e. The zero-order valence-corrected chi connectivity index (χ0v) is 10.5. The van der Waals surface area contributed by atoms with E-state index in [1.165, 1.54) is 0 Å². The molecule has 0 aromatic heterocycles. The fourth-order valence-corrected chi connectivity index (χ4v) is 1.43. The fourth-order valence-electron chi connectivity index (χ4n) is 0.653. The second-order valence-corrected chi connectivity index (χ2v) is 3.87. The summed E-state index contributed by atoms with van der Waals surface area (Å²) >= 11 is 3.04. The molecule has 0 N–H and O–H groups in total. The molecule has 0 aliphatic rings. The predicted molar refractivity (Wildman–Crippen MR) is 66.8 cm³/mol. The number of carbonyl (C=O) groups excluding carboxylic acids is 1. The average Bonchev–Trinajstić information content (AvgIpc) is 2.35. The molecule has 0 aromatic rings. The summed E-state index contributed by atoms with van der Waals surface area (Å²) in [5.74, 6) is 0. The van der Waals surface area contributed by atoms with Crippen LogP contribution < -0.4 is 0 Å². The monoisotopic (exact) mass is 320 g/mol. The van der Waals surface area contributed by atoms with Crippen LogP contribution in [0.25, 0.3) is 0 Å². The summed E-state index contributed by atoms with van der Waals surface area (Å²) in [5.41, 5.74) is 0. The van der Waals surface area contributed by atoms with Crippen LogP contribution in [0.15, 0.2) is 0 Å². The van der Waals surface area contributed by atoms with E-state index in [-0.39, 0.29) is 24.7 Å². The summed E-state index contributed by atoms with van der Waals surface area (Å²) in [7, 11) is 0. The minimum atomic E-state index is -0.925. The number of thioether (sulfide) groups is 1. The van der Waals surface area contributed by atoms with Gasteiger partial charge in [0.05, 0.1) is 0 Å². The van der Waals surface area contributed by atoms with Crippen molar-refractivity contribution in [1.29, 1.82) is 0 Å². The first-order valence-corrected chi connectivity index (χ1v) is 6.57. The highest BCUT2D eigenvalue weighted by Crippen LogP contribution is 2.12. The average molecular weight is 320 g/mol. The van der Waals surface area contributed by atoms with Gasteiger partial charge in [0.25, 0.3) is 0 Å². The lowest BCUT2D eigenvalue weighted by atomic mass is 10.1. The van der Waals surface area contributed by atoms with Crippen molar-refractivity contribution in [1.82, 2.24) is 0 Å². The van der Waals surface area contributed by atoms with E-state index in [0.717, 1.165) is 11.8 Å². The Morgan fingerprint density at radius 1 is 1.77 bits per heavy atom. The number of rotatable bonds is 6. The van der Waals surface area contributed by atoms with E-state index >= 15 is 0 Å². The van der Waals surface area contributed by atoms with Crippen LogP contribution in [0.5, 0.6) is 0 Å². The van der Waals surface area contributed by atoms with E-state index in [1.54, 1.807) is 6.26 Å². The van der Waals surface area contributed by atoms with Gasteiger partial charge in [-0.05, 0) is 30.8 Å². The van der Waals surface area contributed by atoms with Crippen molar-refractivity contribution in [3.05, 3.63) is 0 Å². The number of halogens is 1. The molecule has 0 fully saturated rings. The third kappa shape index (κ3) is 7.61. The minimum absolute atomic E-state index is 0.178. The molecule has 0 aromatic carbocycles. The van der Waals surface area contributed by atoms with Gasteiger partial charge in [0.2, 0.25) is 0 Å². The van der Waals surface area contributed by atoms with Crippen molar-refractivity contribution < 1.29 is 15.0 Å². The van der Waals surface area contributed by atoms with Crippen LogP contribution >= 0.6 is 34.4 Å². The Balaban J connectivity index is 4.22. The second-order valence-electron chi connectivity index (χ2n) is 2.25. The van der Waals surface area contributed by atoms with Gasteiger partial charge in [-0.25, -0.2) is 4.79 Å². The van der Waals surface area contributed by atoms with E-state index in [2.05, 4.69) is 22.6 Å². The number of carbonyl (C=O) groups is 1. The highest BCUT2D eigenvalue weighted by Gasteiger charge is 2.11. The SMILES string of the molecule is [2H]CC([2H])C([2H])C([2H])CC(CI)OC(=O)SC. The molecular weight excluding hydrogens is 299 g/mol. The van der Waals surface area contributed by atoms with Gasteiger partial charge in [0.1, 0.15) is 6.10 Å². The van der Waals surface area contributed by atoms with Crippen LogP contribution in [0.1, 0.15) is 38.0 Å². The molecule has 0 radical (unpaired) electrons. The number of hydrogen-bond donors (Lipinski definition) is 0. The summed E-state index contributed by atoms with van der Waals surface area (Å²) in [6, 6.07) is 0. The van der Waals surface area contributed by atoms with E-state index < -0.39 is 19.2 Å². The highest BCUT2D eigenvalue weighted by molar-refractivity contribution is 14.1. The van der Waals surface area contributed by atoms with Crippen molar-refractivity contribution >= 4 is 39.7 Å². The summed E-state index contributed by atoms with van der Waals surface area (Å²) in [6.45, 7) is -0.178. The molecule has 0 aliphatic heterocycles. The Labute approximate surface area is 104 Å². The molecular formula is C9H17IO2S. The molecule has 0 rings (SSSR count). The van der Waals surface area contributed by atoms with E-state index in [9.17, 15) is 4.79 Å². The maximum absolute atomic E-state index is 11.1. The Morgan fingerprint density at radius 2 is 2.54 bits per heavy atom. The lowest BCUT2D eigenvalue weighted by molar-refractivity contribution is 0.130. The number of hydrogen-bond acceptors (Lipinski definition) is 3. The van der Waals surface area contributed by atoms with Crippen LogP contribution in [-0.2, 0) is 4.74 Å². The van der Waals surface area contributed by atoms with Crippen LogP contribution in [0.3, 0.4) is 0 Å². The van der Waals surface area contributed by atoms with Crippen molar-refractivity contribution in [2.24, 2.45) is 0 Å². The van der Waals surface area contributed by atoms with Gasteiger partial charge < -0.3 is 4.74 Å². The molecule has 13 heavy (non-hydrogen) atoms. The van der Waals surface area contributed by atoms with Crippen molar-refractivity contribution in [3.63, 3.8) is 0 Å². The van der Waals surface area contributed by atoms with E-state index in [1.807, 2.05) is 0 Å². The van der Waals surface area contributed by atoms with Crippen molar-refractivity contribution in [3.8, 4) is 0 Å². The zero-order valence-electron chi connectivity index (χ0n) is 11.5. The first-order valence-electron chi connectivity index (χ1n) is 6.26. The smallest absolute Gasteiger partial charge is 0.367 e. The standard InChI is InChI=1S/C9H17IO2S/c1-3-4-5-6-8(7-10)12-9(11)13-2/h8H,3-7H2,1-2H3/i1D,3D,4D,5D. The minimum Gasteiger partial charge on any atom is -0.453 e. The van der Waals surface area contributed by atoms with Crippen molar-refractivity contribution in [2.75, 3.05) is 10.7 Å². The molecule has 0 heterocycles. The molecule has 4 unspecified atom stereocenters. The molecule has 0 amide bonds. The maximum atomic E-state index is 11.1. The predicted octanol–water partition coefficient (Wildman–Crippen LogP) is 3.87. The number of alkyl halides is 1. The molecule has 78 valence electrons. The molecule has 4 heteroatoms. The third-order valence-electron chi connectivity index (χ3n) is 1.27. The van der Waals surface area contributed by atoms with Gasteiger partial charge in [-0.2, -0.15) is 0 Å². The second kappa shape index (κ2) is 9.12. The molecule has 4 atom stereocenters. The topological polar surface area (TPSA) is 26.3 Å². The van der Waals surface area contributed by atoms with Gasteiger partial charge in [-0.15, -0.1) is 0 Å².